The molecule has 0 aliphatic rings. The molecule has 1 aromatic rings. The monoisotopic (exact) mass is 148 g/mol. The summed E-state index contributed by atoms with van der Waals surface area (Å²) in [5.41, 5.74) is 2.49. The fraction of sp³-hybridized carbons (Fsp3) is 0.400. The molecule has 1 rings (SSSR count). The minimum Gasteiger partial charge on any atom is -0.285 e. The molecule has 1 nitrogen and oxygen atoms in total. The quantitative estimate of drug-likeness (QED) is 0.625. The Bertz CT molecular complexity index is 218. The predicted octanol–water partition coefficient (Wildman–Crippen LogP) is 2.50. The minimum atomic E-state index is 0.872. The van der Waals surface area contributed by atoms with Gasteiger partial charge in [-0.05, 0) is 25.0 Å². The Morgan fingerprint density at radius 3 is 2.55 bits per heavy atom. The molecule has 0 atom stereocenters. The number of rotatable bonds is 3. The molecule has 0 aliphatic heterocycles. The first kappa shape index (κ1) is 8.12. The van der Waals surface area contributed by atoms with Gasteiger partial charge in [-0.2, -0.15) is 0 Å². The Hall–Kier alpha value is -0.980. The van der Waals surface area contributed by atoms with Gasteiger partial charge >= 0.3 is 0 Å². The van der Waals surface area contributed by atoms with Crippen molar-refractivity contribution < 1.29 is 0 Å². The number of benzene rings is 1. The highest BCUT2D eigenvalue weighted by Crippen LogP contribution is 2.14. The van der Waals surface area contributed by atoms with E-state index in [0.717, 1.165) is 18.7 Å². The number of para-hydroxylation sites is 1. The number of aryl methyl sites for hydroxylation is 1. The van der Waals surface area contributed by atoms with Crippen LogP contribution in [-0.2, 0) is 6.42 Å². The van der Waals surface area contributed by atoms with Gasteiger partial charge < -0.3 is 0 Å². The largest absolute Gasteiger partial charge is 0.285 e. The van der Waals surface area contributed by atoms with Crippen LogP contribution < -0.4 is 5.32 Å². The molecule has 59 valence electrons. The van der Waals surface area contributed by atoms with Gasteiger partial charge in [0, 0.05) is 6.54 Å². The molecule has 0 heterocycles. The molecule has 0 aliphatic carbocycles. The molecule has 0 saturated carbocycles. The molecule has 1 radical (unpaired) electrons. The zero-order valence-electron chi connectivity index (χ0n) is 7.17. The van der Waals surface area contributed by atoms with E-state index in [2.05, 4.69) is 37.4 Å². The summed E-state index contributed by atoms with van der Waals surface area (Å²) in [6, 6.07) is 8.30. The molecule has 0 spiro atoms. The Balaban J connectivity index is 2.83. The predicted molar refractivity (Wildman–Crippen MR) is 48.2 cm³/mol. The van der Waals surface area contributed by atoms with Crippen molar-refractivity contribution in [3.8, 4) is 0 Å². The van der Waals surface area contributed by atoms with Crippen molar-refractivity contribution in [3.63, 3.8) is 0 Å². The summed E-state index contributed by atoms with van der Waals surface area (Å²) in [5.74, 6) is 0. The van der Waals surface area contributed by atoms with E-state index in [1.807, 2.05) is 6.07 Å². The van der Waals surface area contributed by atoms with E-state index >= 15 is 0 Å². The van der Waals surface area contributed by atoms with Crippen LogP contribution in [0.15, 0.2) is 24.3 Å². The normalized spacial score (nSPS) is 9.64. The molecule has 0 unspecified atom stereocenters. The average Bonchev–Trinajstić information content (AvgIpc) is 2.06. The third-order valence-electron chi connectivity index (χ3n) is 1.70. The number of hydrogen-bond donors (Lipinski definition) is 0. The summed E-state index contributed by atoms with van der Waals surface area (Å²) < 4.78 is 0. The van der Waals surface area contributed by atoms with E-state index < -0.39 is 0 Å². The Labute approximate surface area is 68.4 Å². The van der Waals surface area contributed by atoms with Gasteiger partial charge in [0.15, 0.2) is 0 Å². The first-order valence-electron chi connectivity index (χ1n) is 4.13. The van der Waals surface area contributed by atoms with Gasteiger partial charge in [-0.15, -0.1) is 0 Å². The van der Waals surface area contributed by atoms with Crippen LogP contribution >= 0.6 is 0 Å². The Kier molecular flexibility index (Phi) is 2.96. The molecule has 11 heavy (non-hydrogen) atoms. The van der Waals surface area contributed by atoms with Crippen molar-refractivity contribution in [2.45, 2.75) is 20.3 Å². The van der Waals surface area contributed by atoms with E-state index in [9.17, 15) is 0 Å². The second-order valence-corrected chi connectivity index (χ2v) is 2.46. The maximum atomic E-state index is 4.38. The van der Waals surface area contributed by atoms with E-state index in [1.54, 1.807) is 0 Å². The third-order valence-corrected chi connectivity index (χ3v) is 1.70. The van der Waals surface area contributed by atoms with Crippen LogP contribution in [0.1, 0.15) is 19.4 Å². The molecular formula is C10H14N. The lowest BCUT2D eigenvalue weighted by Crippen LogP contribution is -1.98. The third kappa shape index (κ3) is 1.97. The molecule has 1 heteroatoms. The summed E-state index contributed by atoms with van der Waals surface area (Å²) in [6.07, 6.45) is 1.07. The molecule has 0 bridgehead atoms. The summed E-state index contributed by atoms with van der Waals surface area (Å²) in [6.45, 7) is 5.09. The molecule has 0 aromatic heterocycles. The lowest BCUT2D eigenvalue weighted by atomic mass is 10.1. The minimum absolute atomic E-state index is 0.872. The SMILES string of the molecule is CC[N]c1ccccc1CC. The molecular weight excluding hydrogens is 134 g/mol. The molecule has 0 N–H and O–H groups in total. The van der Waals surface area contributed by atoms with Gasteiger partial charge in [0.05, 0.1) is 5.69 Å². The van der Waals surface area contributed by atoms with Gasteiger partial charge in [-0.1, -0.05) is 25.1 Å². The van der Waals surface area contributed by atoms with Crippen molar-refractivity contribution >= 4 is 5.69 Å². The van der Waals surface area contributed by atoms with E-state index in [1.165, 1.54) is 5.56 Å². The van der Waals surface area contributed by atoms with Gasteiger partial charge in [-0.25, -0.2) is 0 Å². The zero-order chi connectivity index (χ0) is 8.10. The summed E-state index contributed by atoms with van der Waals surface area (Å²) in [5, 5.41) is 4.38. The number of hydrogen-bond acceptors (Lipinski definition) is 0. The molecule has 0 fully saturated rings. The van der Waals surface area contributed by atoms with E-state index in [4.69, 9.17) is 0 Å². The lowest BCUT2D eigenvalue weighted by Gasteiger charge is -2.04. The molecule has 0 amide bonds. The topological polar surface area (TPSA) is 14.1 Å². The lowest BCUT2D eigenvalue weighted by molar-refractivity contribution is 0.895. The fourth-order valence-electron chi connectivity index (χ4n) is 1.13. The highest BCUT2D eigenvalue weighted by atomic mass is 14.9. The Morgan fingerprint density at radius 1 is 1.18 bits per heavy atom. The van der Waals surface area contributed by atoms with Crippen LogP contribution in [0.3, 0.4) is 0 Å². The van der Waals surface area contributed by atoms with Crippen LogP contribution in [-0.4, -0.2) is 6.54 Å². The van der Waals surface area contributed by atoms with Crippen molar-refractivity contribution in [1.82, 2.24) is 5.32 Å². The summed E-state index contributed by atoms with van der Waals surface area (Å²) in [7, 11) is 0. The van der Waals surface area contributed by atoms with Gasteiger partial charge in [0.1, 0.15) is 0 Å². The van der Waals surface area contributed by atoms with Crippen LogP contribution in [0.5, 0.6) is 0 Å². The highest BCUT2D eigenvalue weighted by Gasteiger charge is 1.96. The highest BCUT2D eigenvalue weighted by molar-refractivity contribution is 5.44. The molecule has 1 aromatic carbocycles. The van der Waals surface area contributed by atoms with Crippen LogP contribution in [0.4, 0.5) is 5.69 Å². The van der Waals surface area contributed by atoms with Crippen molar-refractivity contribution in [3.05, 3.63) is 29.8 Å². The standard InChI is InChI=1S/C10H14N/c1-3-9-7-5-6-8-10(9)11-4-2/h5-8H,3-4H2,1-2H3. The van der Waals surface area contributed by atoms with E-state index in [0.29, 0.717) is 0 Å². The number of nitrogens with zero attached hydrogens (tertiary/aromatic N) is 1. The van der Waals surface area contributed by atoms with Gasteiger partial charge in [0.2, 0.25) is 0 Å². The van der Waals surface area contributed by atoms with E-state index in [-0.39, 0.29) is 0 Å². The maximum Gasteiger partial charge on any atom is 0.0605 e. The van der Waals surface area contributed by atoms with Crippen LogP contribution in [0.25, 0.3) is 0 Å². The van der Waals surface area contributed by atoms with Gasteiger partial charge in [0.25, 0.3) is 0 Å². The van der Waals surface area contributed by atoms with Crippen LogP contribution in [0.2, 0.25) is 0 Å². The summed E-state index contributed by atoms with van der Waals surface area (Å²) in [4.78, 5) is 0. The van der Waals surface area contributed by atoms with Crippen molar-refractivity contribution in [1.29, 1.82) is 0 Å². The maximum absolute atomic E-state index is 4.38. The smallest absolute Gasteiger partial charge is 0.0605 e. The second kappa shape index (κ2) is 4.02. The van der Waals surface area contributed by atoms with Crippen molar-refractivity contribution in [2.75, 3.05) is 6.54 Å². The first-order chi connectivity index (χ1) is 5.38. The van der Waals surface area contributed by atoms with Crippen molar-refractivity contribution in [2.24, 2.45) is 0 Å². The van der Waals surface area contributed by atoms with Gasteiger partial charge in [-0.3, -0.25) is 5.32 Å². The zero-order valence-corrected chi connectivity index (χ0v) is 7.17. The summed E-state index contributed by atoms with van der Waals surface area (Å²) >= 11 is 0. The average molecular weight is 148 g/mol. The second-order valence-electron chi connectivity index (χ2n) is 2.46. The molecule has 0 saturated heterocycles. The first-order valence-corrected chi connectivity index (χ1v) is 4.13. The fourth-order valence-corrected chi connectivity index (χ4v) is 1.13. The Morgan fingerprint density at radius 2 is 1.91 bits per heavy atom. The van der Waals surface area contributed by atoms with Crippen LogP contribution in [0, 0.1) is 0 Å².